The number of hydrogen-bond acceptors (Lipinski definition) is 2. The van der Waals surface area contributed by atoms with Crippen molar-refractivity contribution < 1.29 is 9.59 Å². The van der Waals surface area contributed by atoms with E-state index in [9.17, 15) is 9.59 Å². The van der Waals surface area contributed by atoms with Crippen LogP contribution in [0.4, 0.5) is 0 Å². The number of nitrogens with zero attached hydrogens (tertiary/aromatic N) is 1. The molecule has 1 heterocycles. The molecule has 0 bridgehead atoms. The van der Waals surface area contributed by atoms with Gasteiger partial charge >= 0.3 is 0 Å². The second-order valence-electron chi connectivity index (χ2n) is 2.03. The Balaban J connectivity index is 2.84. The maximum absolute atomic E-state index is 10.4. The number of aldehydes is 1. The molecule has 0 fully saturated rings. The van der Waals surface area contributed by atoms with E-state index in [1.807, 2.05) is 0 Å². The van der Waals surface area contributed by atoms with E-state index < -0.39 is 5.24 Å². The van der Waals surface area contributed by atoms with Crippen molar-refractivity contribution in [2.75, 3.05) is 0 Å². The minimum Gasteiger partial charge on any atom is -0.337 e. The molecule has 0 aliphatic heterocycles. The number of halogens is 1. The van der Waals surface area contributed by atoms with Gasteiger partial charge in [-0.2, -0.15) is 0 Å². The van der Waals surface area contributed by atoms with E-state index in [4.69, 9.17) is 11.6 Å². The Morgan fingerprint density at radius 3 is 3.00 bits per heavy atom. The van der Waals surface area contributed by atoms with E-state index >= 15 is 0 Å². The molecular weight excluding hydrogens is 166 g/mol. The normalized spacial score (nSPS) is 9.55. The minimum atomic E-state index is -0.482. The molecule has 0 radical (unpaired) electrons. The Kier molecular flexibility index (Phi) is 2.44. The zero-order valence-electron chi connectivity index (χ0n) is 5.66. The molecule has 0 aliphatic rings. The molecule has 1 aromatic heterocycles. The summed E-state index contributed by atoms with van der Waals surface area (Å²) in [6.45, 7) is 0.0443. The third-order valence-electron chi connectivity index (χ3n) is 1.28. The topological polar surface area (TPSA) is 39.1 Å². The van der Waals surface area contributed by atoms with Crippen LogP contribution in [-0.2, 0) is 11.3 Å². The first-order valence-corrected chi connectivity index (χ1v) is 3.40. The summed E-state index contributed by atoms with van der Waals surface area (Å²) >= 11 is 5.12. The van der Waals surface area contributed by atoms with Crippen LogP contribution in [0.3, 0.4) is 0 Å². The van der Waals surface area contributed by atoms with Crippen molar-refractivity contribution in [1.82, 2.24) is 4.57 Å². The standard InChI is InChI=1S/C7H6ClNO2/c8-7(11)4-9-3-1-2-6(9)5-10/h1-3,5H,4H2. The second kappa shape index (κ2) is 3.34. The molecule has 3 nitrogen and oxygen atoms in total. The van der Waals surface area contributed by atoms with Crippen LogP contribution in [-0.4, -0.2) is 16.1 Å². The monoisotopic (exact) mass is 171 g/mol. The van der Waals surface area contributed by atoms with Crippen molar-refractivity contribution in [2.24, 2.45) is 0 Å². The SMILES string of the molecule is O=Cc1cccn1CC(=O)Cl. The van der Waals surface area contributed by atoms with Crippen molar-refractivity contribution in [3.8, 4) is 0 Å². The molecule has 0 saturated carbocycles. The summed E-state index contributed by atoms with van der Waals surface area (Å²) in [7, 11) is 0. The predicted molar refractivity (Wildman–Crippen MR) is 40.7 cm³/mol. The third kappa shape index (κ3) is 1.91. The van der Waals surface area contributed by atoms with Crippen LogP contribution in [0.2, 0.25) is 0 Å². The summed E-state index contributed by atoms with van der Waals surface area (Å²) < 4.78 is 1.49. The average Bonchev–Trinajstić information content (AvgIpc) is 2.34. The molecule has 4 heteroatoms. The largest absolute Gasteiger partial charge is 0.337 e. The highest BCUT2D eigenvalue weighted by Gasteiger charge is 2.01. The number of aromatic nitrogens is 1. The van der Waals surface area contributed by atoms with E-state index in [1.165, 1.54) is 4.57 Å². The van der Waals surface area contributed by atoms with Crippen molar-refractivity contribution in [1.29, 1.82) is 0 Å². The van der Waals surface area contributed by atoms with E-state index in [1.54, 1.807) is 18.3 Å². The molecular formula is C7H6ClNO2. The summed E-state index contributed by atoms with van der Waals surface area (Å²) in [6, 6.07) is 3.30. The highest BCUT2D eigenvalue weighted by Crippen LogP contribution is 1.99. The Bertz CT molecular complexity index is 280. The Morgan fingerprint density at radius 2 is 2.45 bits per heavy atom. The number of rotatable bonds is 3. The summed E-state index contributed by atoms with van der Waals surface area (Å²) in [6.07, 6.45) is 2.31. The molecule has 0 spiro atoms. The van der Waals surface area contributed by atoms with Gasteiger partial charge in [0.2, 0.25) is 5.24 Å². The van der Waals surface area contributed by atoms with Gasteiger partial charge in [0.05, 0.1) is 12.2 Å². The summed E-state index contributed by atoms with van der Waals surface area (Å²) in [4.78, 5) is 20.7. The van der Waals surface area contributed by atoms with Crippen LogP contribution in [0.5, 0.6) is 0 Å². The molecule has 0 saturated heterocycles. The Hall–Kier alpha value is -1.09. The molecule has 1 aromatic rings. The predicted octanol–water partition coefficient (Wildman–Crippen LogP) is 1.07. The number of carbonyl (C=O) groups is 2. The number of hydrogen-bond donors (Lipinski definition) is 0. The van der Waals surface area contributed by atoms with Gasteiger partial charge in [-0.3, -0.25) is 9.59 Å². The van der Waals surface area contributed by atoms with Crippen molar-refractivity contribution in [2.45, 2.75) is 6.54 Å². The molecule has 11 heavy (non-hydrogen) atoms. The molecule has 0 unspecified atom stereocenters. The minimum absolute atomic E-state index is 0.0443. The smallest absolute Gasteiger partial charge is 0.241 e. The van der Waals surface area contributed by atoms with Crippen LogP contribution in [0.25, 0.3) is 0 Å². The lowest BCUT2D eigenvalue weighted by molar-refractivity contribution is -0.112. The fourth-order valence-corrected chi connectivity index (χ4v) is 0.941. The van der Waals surface area contributed by atoms with Crippen LogP contribution in [0.1, 0.15) is 10.5 Å². The van der Waals surface area contributed by atoms with Gasteiger partial charge in [-0.15, -0.1) is 0 Å². The highest BCUT2D eigenvalue weighted by molar-refractivity contribution is 6.63. The first kappa shape index (κ1) is 8.01. The molecule has 0 aliphatic carbocycles. The van der Waals surface area contributed by atoms with Gasteiger partial charge < -0.3 is 4.57 Å². The van der Waals surface area contributed by atoms with Gasteiger partial charge in [0.25, 0.3) is 0 Å². The van der Waals surface area contributed by atoms with Crippen molar-refractivity contribution >= 4 is 23.1 Å². The van der Waals surface area contributed by atoms with Gasteiger partial charge in [0.1, 0.15) is 0 Å². The molecule has 0 amide bonds. The van der Waals surface area contributed by atoms with Crippen LogP contribution in [0.15, 0.2) is 18.3 Å². The maximum atomic E-state index is 10.4. The van der Waals surface area contributed by atoms with Gasteiger partial charge in [-0.1, -0.05) is 0 Å². The lowest BCUT2D eigenvalue weighted by Crippen LogP contribution is -2.05. The van der Waals surface area contributed by atoms with Gasteiger partial charge in [0.15, 0.2) is 6.29 Å². The molecule has 0 N–H and O–H groups in total. The summed E-state index contributed by atoms with van der Waals surface area (Å²) in [5.74, 6) is 0. The highest BCUT2D eigenvalue weighted by atomic mass is 35.5. The summed E-state index contributed by atoms with van der Waals surface area (Å²) in [5, 5.41) is -0.482. The lowest BCUT2D eigenvalue weighted by atomic mass is 10.5. The van der Waals surface area contributed by atoms with Crippen LogP contribution >= 0.6 is 11.6 Å². The molecule has 58 valence electrons. The fourth-order valence-electron chi connectivity index (χ4n) is 0.812. The van der Waals surface area contributed by atoms with Crippen molar-refractivity contribution in [3.05, 3.63) is 24.0 Å². The first-order chi connectivity index (χ1) is 5.24. The van der Waals surface area contributed by atoms with E-state index in [0.717, 1.165) is 0 Å². The third-order valence-corrected chi connectivity index (χ3v) is 1.40. The van der Waals surface area contributed by atoms with Crippen molar-refractivity contribution in [3.63, 3.8) is 0 Å². The Morgan fingerprint density at radius 1 is 1.73 bits per heavy atom. The Labute approximate surface area is 68.6 Å². The first-order valence-electron chi connectivity index (χ1n) is 3.02. The summed E-state index contributed by atoms with van der Waals surface area (Å²) in [5.41, 5.74) is 0.457. The second-order valence-corrected chi connectivity index (χ2v) is 2.46. The number of carbonyl (C=O) groups excluding carboxylic acids is 2. The zero-order valence-corrected chi connectivity index (χ0v) is 6.41. The van der Waals surface area contributed by atoms with Crippen LogP contribution < -0.4 is 0 Å². The average molecular weight is 172 g/mol. The van der Waals surface area contributed by atoms with Gasteiger partial charge in [-0.05, 0) is 23.7 Å². The fraction of sp³-hybridized carbons (Fsp3) is 0.143. The van der Waals surface area contributed by atoms with E-state index in [0.29, 0.717) is 12.0 Å². The van der Waals surface area contributed by atoms with Gasteiger partial charge in [-0.25, -0.2) is 0 Å². The molecule has 0 atom stereocenters. The van der Waals surface area contributed by atoms with E-state index in [2.05, 4.69) is 0 Å². The maximum Gasteiger partial charge on any atom is 0.241 e. The zero-order chi connectivity index (χ0) is 8.27. The molecule has 0 aromatic carbocycles. The van der Waals surface area contributed by atoms with Gasteiger partial charge in [0, 0.05) is 6.20 Å². The molecule has 1 rings (SSSR count). The lowest BCUT2D eigenvalue weighted by Gasteiger charge is -1.98. The van der Waals surface area contributed by atoms with E-state index in [-0.39, 0.29) is 6.54 Å². The van der Waals surface area contributed by atoms with Crippen LogP contribution in [0, 0.1) is 0 Å². The quantitative estimate of drug-likeness (QED) is 0.504.